The molecule has 0 fully saturated rings. The van der Waals surface area contributed by atoms with Crippen LogP contribution in [0.3, 0.4) is 0 Å². The van der Waals surface area contributed by atoms with Crippen molar-refractivity contribution in [1.29, 1.82) is 0 Å². The van der Waals surface area contributed by atoms with Crippen LogP contribution < -0.4 is 0 Å². The fraction of sp³-hybridized carbons (Fsp3) is 0.0769. The Hall–Kier alpha value is -0.830. The minimum absolute atomic E-state index is 0.295. The van der Waals surface area contributed by atoms with Gasteiger partial charge in [0.2, 0.25) is 0 Å². The highest BCUT2D eigenvalue weighted by atomic mass is 35.5. The maximum absolute atomic E-state index is 9.75. The van der Waals surface area contributed by atoms with Crippen molar-refractivity contribution in [2.24, 2.45) is 0 Å². The van der Waals surface area contributed by atoms with E-state index in [-0.39, 0.29) is 0 Å². The summed E-state index contributed by atoms with van der Waals surface area (Å²) in [6.45, 7) is 0. The summed E-state index contributed by atoms with van der Waals surface area (Å²) >= 11 is 13.0. The number of thioether (sulfide) groups is 1. The standard InChI is InChI=1S/C13H10Cl2OS/c14-7-9(15)8-17-13-6-5-12(16)10-3-1-2-4-11(10)13/h1-7,16H,8H2/b9-7-. The summed E-state index contributed by atoms with van der Waals surface area (Å²) in [4.78, 5) is 1.08. The molecule has 0 bridgehead atoms. The molecule has 0 atom stereocenters. The summed E-state index contributed by atoms with van der Waals surface area (Å²) in [6.07, 6.45) is 0. The summed E-state index contributed by atoms with van der Waals surface area (Å²) in [6, 6.07) is 11.3. The quantitative estimate of drug-likeness (QED) is 0.804. The first-order valence-corrected chi connectivity index (χ1v) is 6.80. The fourth-order valence-corrected chi connectivity index (χ4v) is 2.77. The van der Waals surface area contributed by atoms with Gasteiger partial charge >= 0.3 is 0 Å². The van der Waals surface area contributed by atoms with Crippen molar-refractivity contribution in [3.05, 3.63) is 47.0 Å². The van der Waals surface area contributed by atoms with Gasteiger partial charge in [-0.05, 0) is 17.5 Å². The molecule has 0 aliphatic carbocycles. The Morgan fingerprint density at radius 1 is 1.18 bits per heavy atom. The van der Waals surface area contributed by atoms with E-state index in [1.807, 2.05) is 30.3 Å². The molecule has 0 saturated heterocycles. The van der Waals surface area contributed by atoms with Crippen molar-refractivity contribution in [1.82, 2.24) is 0 Å². The van der Waals surface area contributed by atoms with E-state index >= 15 is 0 Å². The SMILES string of the molecule is Oc1ccc(SC/C(Cl)=C/Cl)c2ccccc12. The van der Waals surface area contributed by atoms with Gasteiger partial charge in [-0.3, -0.25) is 0 Å². The van der Waals surface area contributed by atoms with Crippen molar-refractivity contribution in [2.45, 2.75) is 4.90 Å². The molecule has 0 aliphatic heterocycles. The van der Waals surface area contributed by atoms with Crippen LogP contribution in [0.5, 0.6) is 5.75 Å². The van der Waals surface area contributed by atoms with Gasteiger partial charge in [-0.1, -0.05) is 47.5 Å². The van der Waals surface area contributed by atoms with Crippen LogP contribution in [0, 0.1) is 0 Å². The third-order valence-corrected chi connectivity index (χ3v) is 4.24. The average Bonchev–Trinajstić information content (AvgIpc) is 2.38. The van der Waals surface area contributed by atoms with Crippen molar-refractivity contribution >= 4 is 45.7 Å². The number of fused-ring (bicyclic) bond motifs is 1. The zero-order valence-electron chi connectivity index (χ0n) is 8.86. The first-order chi connectivity index (χ1) is 8.22. The van der Waals surface area contributed by atoms with Crippen LogP contribution in [-0.4, -0.2) is 10.9 Å². The highest BCUT2D eigenvalue weighted by molar-refractivity contribution is 7.99. The Balaban J connectivity index is 2.38. The average molecular weight is 285 g/mol. The normalized spacial score (nSPS) is 12.0. The van der Waals surface area contributed by atoms with E-state index in [0.717, 1.165) is 15.7 Å². The summed E-state index contributed by atoms with van der Waals surface area (Å²) in [5, 5.41) is 12.2. The first kappa shape index (κ1) is 12.6. The molecule has 1 nitrogen and oxygen atoms in total. The van der Waals surface area contributed by atoms with E-state index in [1.165, 1.54) is 5.54 Å². The second kappa shape index (κ2) is 5.67. The van der Waals surface area contributed by atoms with E-state index in [4.69, 9.17) is 23.2 Å². The lowest BCUT2D eigenvalue weighted by Gasteiger charge is -2.07. The maximum Gasteiger partial charge on any atom is 0.123 e. The van der Waals surface area contributed by atoms with Gasteiger partial charge in [0.05, 0.1) is 0 Å². The number of rotatable bonds is 3. The Morgan fingerprint density at radius 2 is 1.88 bits per heavy atom. The molecule has 88 valence electrons. The summed E-state index contributed by atoms with van der Waals surface area (Å²) in [5.41, 5.74) is 1.37. The van der Waals surface area contributed by atoms with E-state index in [9.17, 15) is 5.11 Å². The molecule has 0 heterocycles. The maximum atomic E-state index is 9.75. The van der Waals surface area contributed by atoms with Crippen molar-refractivity contribution in [3.63, 3.8) is 0 Å². The molecule has 2 aromatic carbocycles. The summed E-state index contributed by atoms with van der Waals surface area (Å²) in [5.74, 6) is 0.920. The zero-order valence-corrected chi connectivity index (χ0v) is 11.2. The predicted octanol–water partition coefficient (Wildman–Crippen LogP) is 4.96. The number of hydrogen-bond donors (Lipinski definition) is 1. The molecular weight excluding hydrogens is 275 g/mol. The first-order valence-electron chi connectivity index (χ1n) is 5.00. The van der Waals surface area contributed by atoms with Crippen molar-refractivity contribution < 1.29 is 5.11 Å². The number of phenols is 1. The molecule has 0 aromatic heterocycles. The number of aromatic hydroxyl groups is 1. The van der Waals surface area contributed by atoms with Crippen LogP contribution in [0.1, 0.15) is 0 Å². The highest BCUT2D eigenvalue weighted by Gasteiger charge is 2.05. The molecule has 2 aromatic rings. The van der Waals surface area contributed by atoms with Gasteiger partial charge in [0.25, 0.3) is 0 Å². The van der Waals surface area contributed by atoms with Gasteiger partial charge in [-0.15, -0.1) is 11.8 Å². The molecular formula is C13H10Cl2OS. The minimum Gasteiger partial charge on any atom is -0.507 e. The molecule has 4 heteroatoms. The van der Waals surface area contributed by atoms with Crippen molar-refractivity contribution in [2.75, 3.05) is 5.75 Å². The third kappa shape index (κ3) is 2.89. The Kier molecular flexibility index (Phi) is 4.21. The largest absolute Gasteiger partial charge is 0.507 e. The smallest absolute Gasteiger partial charge is 0.123 e. The molecule has 0 saturated carbocycles. The van der Waals surface area contributed by atoms with E-state index < -0.39 is 0 Å². The number of halogens is 2. The van der Waals surface area contributed by atoms with Crippen LogP contribution in [0.2, 0.25) is 0 Å². The number of benzene rings is 2. The van der Waals surface area contributed by atoms with Gasteiger partial charge < -0.3 is 5.11 Å². The second-order valence-corrected chi connectivity index (χ2v) is 5.19. The summed E-state index contributed by atoms with van der Waals surface area (Å²) < 4.78 is 0. The third-order valence-electron chi connectivity index (χ3n) is 2.35. The Labute approximate surface area is 114 Å². The molecule has 0 unspecified atom stereocenters. The van der Waals surface area contributed by atoms with E-state index in [0.29, 0.717) is 16.5 Å². The lowest BCUT2D eigenvalue weighted by atomic mass is 10.1. The predicted molar refractivity (Wildman–Crippen MR) is 76.1 cm³/mol. The molecule has 0 radical (unpaired) electrons. The van der Waals surface area contributed by atoms with Crippen LogP contribution in [0.25, 0.3) is 10.8 Å². The monoisotopic (exact) mass is 284 g/mol. The highest BCUT2D eigenvalue weighted by Crippen LogP contribution is 2.34. The fourth-order valence-electron chi connectivity index (χ4n) is 1.56. The van der Waals surface area contributed by atoms with Crippen molar-refractivity contribution in [3.8, 4) is 5.75 Å². The zero-order chi connectivity index (χ0) is 12.3. The molecule has 0 spiro atoms. The van der Waals surface area contributed by atoms with Gasteiger partial charge in [0.1, 0.15) is 5.75 Å². The molecule has 2 rings (SSSR count). The summed E-state index contributed by atoms with van der Waals surface area (Å²) in [7, 11) is 0. The van der Waals surface area contributed by atoms with Crippen LogP contribution in [0.4, 0.5) is 0 Å². The van der Waals surface area contributed by atoms with E-state index in [2.05, 4.69) is 0 Å². The van der Waals surface area contributed by atoms with Crippen LogP contribution >= 0.6 is 35.0 Å². The van der Waals surface area contributed by atoms with E-state index in [1.54, 1.807) is 17.8 Å². The molecule has 0 aliphatic rings. The number of hydrogen-bond acceptors (Lipinski definition) is 2. The topological polar surface area (TPSA) is 20.2 Å². The van der Waals surface area contributed by atoms with Gasteiger partial charge in [0, 0.05) is 26.6 Å². The lowest BCUT2D eigenvalue weighted by Crippen LogP contribution is -1.82. The van der Waals surface area contributed by atoms with Gasteiger partial charge in [-0.2, -0.15) is 0 Å². The Morgan fingerprint density at radius 3 is 2.59 bits per heavy atom. The van der Waals surface area contributed by atoms with Crippen LogP contribution in [0.15, 0.2) is 51.9 Å². The second-order valence-electron chi connectivity index (χ2n) is 3.47. The lowest BCUT2D eigenvalue weighted by molar-refractivity contribution is 0.481. The minimum atomic E-state index is 0.295. The number of phenolic OH excluding ortho intramolecular Hbond substituents is 1. The molecule has 17 heavy (non-hydrogen) atoms. The van der Waals surface area contributed by atoms with Crippen LogP contribution in [-0.2, 0) is 0 Å². The Bertz CT molecular complexity index is 566. The van der Waals surface area contributed by atoms with Gasteiger partial charge in [0.15, 0.2) is 0 Å². The molecule has 1 N–H and O–H groups in total. The molecule has 0 amide bonds. The van der Waals surface area contributed by atoms with Gasteiger partial charge in [-0.25, -0.2) is 0 Å².